The first-order valence-electron chi connectivity index (χ1n) is 8.33. The molecule has 8 heteroatoms. The Kier molecular flexibility index (Phi) is 5.62. The maximum atomic E-state index is 13.8. The Morgan fingerprint density at radius 2 is 2.15 bits per heavy atom. The number of aryl methyl sites for hydroxylation is 1. The molecule has 1 saturated heterocycles. The lowest BCUT2D eigenvalue weighted by Crippen LogP contribution is -2.49. The summed E-state index contributed by atoms with van der Waals surface area (Å²) in [4.78, 5) is 29.0. The van der Waals surface area contributed by atoms with Gasteiger partial charge in [-0.15, -0.1) is 0 Å². The van der Waals surface area contributed by atoms with E-state index in [0.29, 0.717) is 30.4 Å². The van der Waals surface area contributed by atoms with Gasteiger partial charge in [0.25, 0.3) is 0 Å². The number of benzene rings is 1. The number of amides is 1. The fourth-order valence-corrected chi connectivity index (χ4v) is 2.92. The smallest absolute Gasteiger partial charge is 0.305 e. The maximum absolute atomic E-state index is 13.8. The van der Waals surface area contributed by atoms with Crippen LogP contribution in [0.4, 0.5) is 4.39 Å². The van der Waals surface area contributed by atoms with Gasteiger partial charge in [-0.3, -0.25) is 9.59 Å². The van der Waals surface area contributed by atoms with E-state index in [2.05, 4.69) is 4.98 Å². The minimum atomic E-state index is -0.972. The van der Waals surface area contributed by atoms with Gasteiger partial charge in [0, 0.05) is 19.4 Å². The highest BCUT2D eigenvalue weighted by molar-refractivity contribution is 5.78. The number of morpholine rings is 1. The Bertz CT molecular complexity index is 791. The van der Waals surface area contributed by atoms with E-state index in [1.807, 2.05) is 0 Å². The number of rotatable bonds is 6. The molecular weight excluding hydrogens is 343 g/mol. The average Bonchev–Trinajstić information content (AvgIpc) is 3.09. The zero-order valence-corrected chi connectivity index (χ0v) is 14.1. The summed E-state index contributed by atoms with van der Waals surface area (Å²) in [7, 11) is 0. The first-order chi connectivity index (χ1) is 12.5. The molecule has 0 aliphatic carbocycles. The predicted octanol–water partition coefficient (Wildman–Crippen LogP) is 2.12. The molecule has 1 aromatic heterocycles. The lowest BCUT2D eigenvalue weighted by Gasteiger charge is -2.34. The highest BCUT2D eigenvalue weighted by Gasteiger charge is 2.29. The van der Waals surface area contributed by atoms with Gasteiger partial charge in [0.15, 0.2) is 11.7 Å². The molecule has 2 heterocycles. The first kappa shape index (κ1) is 18.1. The molecule has 1 N–H and O–H groups in total. The molecule has 3 rings (SSSR count). The van der Waals surface area contributed by atoms with E-state index in [9.17, 15) is 14.0 Å². The molecule has 1 amide bonds. The molecule has 0 bridgehead atoms. The average molecular weight is 362 g/mol. The molecule has 1 aliphatic rings. The van der Waals surface area contributed by atoms with Gasteiger partial charge in [0.1, 0.15) is 5.82 Å². The van der Waals surface area contributed by atoms with Crippen molar-refractivity contribution < 1.29 is 28.2 Å². The topological polar surface area (TPSA) is 92.9 Å². The van der Waals surface area contributed by atoms with E-state index in [-0.39, 0.29) is 31.8 Å². The van der Waals surface area contributed by atoms with E-state index in [1.54, 1.807) is 23.1 Å². The van der Waals surface area contributed by atoms with Crippen molar-refractivity contribution >= 4 is 11.9 Å². The van der Waals surface area contributed by atoms with E-state index in [1.165, 1.54) is 12.3 Å². The van der Waals surface area contributed by atoms with E-state index in [4.69, 9.17) is 14.3 Å². The molecule has 0 spiro atoms. The molecule has 1 aliphatic heterocycles. The molecule has 26 heavy (non-hydrogen) atoms. The molecule has 1 atom stereocenters. The van der Waals surface area contributed by atoms with Crippen LogP contribution < -0.4 is 0 Å². The number of aliphatic carboxylic acids is 1. The van der Waals surface area contributed by atoms with Crippen molar-refractivity contribution in [1.29, 1.82) is 0 Å². The minimum Gasteiger partial charge on any atom is -0.481 e. The lowest BCUT2D eigenvalue weighted by atomic mass is 10.1. The highest BCUT2D eigenvalue weighted by Crippen LogP contribution is 2.24. The van der Waals surface area contributed by atoms with Crippen LogP contribution in [0.2, 0.25) is 0 Å². The lowest BCUT2D eigenvalue weighted by molar-refractivity contribution is -0.146. The summed E-state index contributed by atoms with van der Waals surface area (Å²) in [6, 6.07) is 5.75. The summed E-state index contributed by atoms with van der Waals surface area (Å²) in [5.74, 6) is -0.915. The molecule has 1 aromatic carbocycles. The first-order valence-corrected chi connectivity index (χ1v) is 8.33. The number of oxazole rings is 1. The number of carboxylic acid groups (broad SMARTS) is 1. The van der Waals surface area contributed by atoms with Gasteiger partial charge in [0.05, 0.1) is 37.4 Å². The summed E-state index contributed by atoms with van der Waals surface area (Å²) in [5.41, 5.74) is 0.312. The Morgan fingerprint density at radius 3 is 2.92 bits per heavy atom. The van der Waals surface area contributed by atoms with Crippen LogP contribution in [0.25, 0.3) is 11.3 Å². The Hall–Kier alpha value is -2.74. The Labute approximate surface area is 149 Å². The number of carboxylic acids is 1. The summed E-state index contributed by atoms with van der Waals surface area (Å²) < 4.78 is 24.6. The van der Waals surface area contributed by atoms with Gasteiger partial charge >= 0.3 is 5.97 Å². The van der Waals surface area contributed by atoms with Crippen molar-refractivity contribution in [3.8, 4) is 11.3 Å². The summed E-state index contributed by atoms with van der Waals surface area (Å²) in [6.45, 7) is 0.968. The minimum absolute atomic E-state index is 0.132. The number of ether oxygens (including phenoxy) is 1. The van der Waals surface area contributed by atoms with Crippen molar-refractivity contribution in [2.24, 2.45) is 0 Å². The number of aromatic nitrogens is 1. The van der Waals surface area contributed by atoms with Crippen molar-refractivity contribution in [2.45, 2.75) is 25.3 Å². The second kappa shape index (κ2) is 8.09. The summed E-state index contributed by atoms with van der Waals surface area (Å²) in [6.07, 6.45) is 1.67. The molecule has 138 valence electrons. The number of carbonyl (C=O) groups excluding carboxylic acids is 1. The van der Waals surface area contributed by atoms with Gasteiger partial charge in [-0.05, 0) is 12.1 Å². The van der Waals surface area contributed by atoms with Crippen LogP contribution in [0.3, 0.4) is 0 Å². The van der Waals surface area contributed by atoms with E-state index in [0.717, 1.165) is 0 Å². The zero-order chi connectivity index (χ0) is 18.5. The normalized spacial score (nSPS) is 17.3. The van der Waals surface area contributed by atoms with Crippen LogP contribution in [-0.4, -0.2) is 52.7 Å². The summed E-state index contributed by atoms with van der Waals surface area (Å²) in [5, 5.41) is 8.96. The van der Waals surface area contributed by atoms with E-state index < -0.39 is 17.8 Å². The second-order valence-corrected chi connectivity index (χ2v) is 6.01. The number of nitrogens with zero attached hydrogens (tertiary/aromatic N) is 2. The number of hydrogen-bond acceptors (Lipinski definition) is 5. The third kappa shape index (κ3) is 4.26. The van der Waals surface area contributed by atoms with E-state index >= 15 is 0 Å². The third-order valence-electron chi connectivity index (χ3n) is 4.20. The van der Waals surface area contributed by atoms with Crippen molar-refractivity contribution in [3.63, 3.8) is 0 Å². The van der Waals surface area contributed by atoms with Crippen LogP contribution >= 0.6 is 0 Å². The quantitative estimate of drug-likeness (QED) is 0.846. The molecular formula is C18H19FN2O5. The number of carbonyl (C=O) groups is 2. The van der Waals surface area contributed by atoms with Crippen LogP contribution in [0.15, 0.2) is 34.9 Å². The SMILES string of the molecule is O=C(O)CC1COCCN1C(=O)CCc1ncc(-c2ccccc2F)o1. The second-order valence-electron chi connectivity index (χ2n) is 6.01. The van der Waals surface area contributed by atoms with Gasteiger partial charge < -0.3 is 19.2 Å². The molecule has 0 saturated carbocycles. The van der Waals surface area contributed by atoms with Gasteiger partial charge in [0.2, 0.25) is 5.91 Å². The van der Waals surface area contributed by atoms with Crippen molar-refractivity contribution in [1.82, 2.24) is 9.88 Å². The predicted molar refractivity (Wildman–Crippen MR) is 88.8 cm³/mol. The number of halogens is 1. The standard InChI is InChI=1S/C18H19FN2O5/c19-14-4-2-1-3-13(14)15-10-20-16(26-15)5-6-17(22)21-7-8-25-11-12(21)9-18(23)24/h1-4,10,12H,5-9,11H2,(H,23,24). The summed E-state index contributed by atoms with van der Waals surface area (Å²) >= 11 is 0. The molecule has 7 nitrogen and oxygen atoms in total. The largest absolute Gasteiger partial charge is 0.481 e. The monoisotopic (exact) mass is 362 g/mol. The van der Waals surface area contributed by atoms with Crippen LogP contribution in [-0.2, 0) is 20.7 Å². The van der Waals surface area contributed by atoms with Crippen molar-refractivity contribution in [2.75, 3.05) is 19.8 Å². The molecule has 1 fully saturated rings. The Balaban J connectivity index is 1.61. The molecule has 1 unspecified atom stereocenters. The highest BCUT2D eigenvalue weighted by atomic mass is 19.1. The molecule has 2 aromatic rings. The van der Waals surface area contributed by atoms with Crippen molar-refractivity contribution in [3.05, 3.63) is 42.2 Å². The maximum Gasteiger partial charge on any atom is 0.305 e. The van der Waals surface area contributed by atoms with Crippen LogP contribution in [0.1, 0.15) is 18.7 Å². The van der Waals surface area contributed by atoms with Gasteiger partial charge in [-0.25, -0.2) is 9.37 Å². The third-order valence-corrected chi connectivity index (χ3v) is 4.20. The zero-order valence-electron chi connectivity index (χ0n) is 14.1. The fourth-order valence-electron chi connectivity index (χ4n) is 2.92. The number of hydrogen-bond donors (Lipinski definition) is 1. The Morgan fingerprint density at radius 1 is 1.35 bits per heavy atom. The van der Waals surface area contributed by atoms with Gasteiger partial charge in [-0.2, -0.15) is 0 Å². The fraction of sp³-hybridized carbons (Fsp3) is 0.389. The van der Waals surface area contributed by atoms with Crippen LogP contribution in [0.5, 0.6) is 0 Å². The van der Waals surface area contributed by atoms with Gasteiger partial charge in [-0.1, -0.05) is 12.1 Å². The molecule has 0 radical (unpaired) electrons. The van der Waals surface area contributed by atoms with Crippen LogP contribution in [0, 0.1) is 5.82 Å².